The number of esters is 1. The summed E-state index contributed by atoms with van der Waals surface area (Å²) in [5.41, 5.74) is -5.17. The van der Waals surface area contributed by atoms with E-state index in [-0.39, 0.29) is 31.0 Å². The van der Waals surface area contributed by atoms with Crippen molar-refractivity contribution in [2.24, 2.45) is 28.6 Å². The Kier molecular flexibility index (Phi) is 7.29. The van der Waals surface area contributed by atoms with Crippen LogP contribution < -0.4 is 0 Å². The van der Waals surface area contributed by atoms with E-state index < -0.39 is 69.9 Å². The van der Waals surface area contributed by atoms with Gasteiger partial charge in [0, 0.05) is 23.7 Å². The summed E-state index contributed by atoms with van der Waals surface area (Å²) in [7, 11) is 0. The summed E-state index contributed by atoms with van der Waals surface area (Å²) in [4.78, 5) is 24.8. The highest BCUT2D eigenvalue weighted by Crippen LogP contribution is 2.68. The lowest BCUT2D eigenvalue weighted by atomic mass is 9.45. The molecule has 9 nitrogen and oxygen atoms in total. The number of aliphatic hydroxyl groups is 6. The maximum atomic E-state index is 13.3. The Bertz CT molecular complexity index is 1000. The first-order valence-electron chi connectivity index (χ1n) is 14.0. The summed E-state index contributed by atoms with van der Waals surface area (Å²) in [6, 6.07) is 0. The Morgan fingerprint density at radius 2 is 1.76 bits per heavy atom. The summed E-state index contributed by atoms with van der Waals surface area (Å²) in [6.45, 7) is 10.1. The van der Waals surface area contributed by atoms with Crippen LogP contribution in [0.1, 0.15) is 86.5 Å². The Morgan fingerprint density at radius 1 is 1.13 bits per heavy atom. The zero-order chi connectivity index (χ0) is 28.6. The van der Waals surface area contributed by atoms with E-state index in [0.717, 1.165) is 0 Å². The lowest BCUT2D eigenvalue weighted by molar-refractivity contribution is -0.205. The molecule has 11 atom stereocenters. The minimum atomic E-state index is -1.56. The van der Waals surface area contributed by atoms with Crippen LogP contribution >= 0.6 is 0 Å². The highest BCUT2D eigenvalue weighted by molar-refractivity contribution is 5.95. The third kappa shape index (κ3) is 4.20. The van der Waals surface area contributed by atoms with Crippen LogP contribution in [0, 0.1) is 28.6 Å². The van der Waals surface area contributed by atoms with Crippen LogP contribution in [0.4, 0.5) is 0 Å². The molecule has 6 N–H and O–H groups in total. The topological polar surface area (TPSA) is 165 Å². The number of aliphatic hydroxyl groups excluding tert-OH is 4. The van der Waals surface area contributed by atoms with Crippen LogP contribution in [0.25, 0.3) is 0 Å². The molecule has 0 radical (unpaired) electrons. The fourth-order valence-corrected chi connectivity index (χ4v) is 8.79. The van der Waals surface area contributed by atoms with Crippen molar-refractivity contribution < 1.29 is 45.0 Å². The first kappa shape index (κ1) is 29.6. The van der Waals surface area contributed by atoms with Gasteiger partial charge in [-0.3, -0.25) is 9.59 Å². The van der Waals surface area contributed by atoms with Gasteiger partial charge in [-0.05, 0) is 89.2 Å². The zero-order valence-electron chi connectivity index (χ0n) is 23.5. The normalized spacial score (nSPS) is 45.3. The van der Waals surface area contributed by atoms with Gasteiger partial charge in [0.05, 0.1) is 29.5 Å². The molecule has 4 aliphatic carbocycles. The molecule has 0 saturated heterocycles. The van der Waals surface area contributed by atoms with Crippen molar-refractivity contribution >= 4 is 11.8 Å². The largest absolute Gasteiger partial charge is 0.460 e. The number of rotatable bonds is 6. The van der Waals surface area contributed by atoms with Gasteiger partial charge in [0.25, 0.3) is 0 Å². The molecule has 3 saturated carbocycles. The number of ketones is 1. The molecule has 0 aromatic carbocycles. The first-order chi connectivity index (χ1) is 17.3. The molecular weight excluding hydrogens is 492 g/mol. The van der Waals surface area contributed by atoms with Crippen molar-refractivity contribution in [3.05, 3.63) is 11.6 Å². The Balaban J connectivity index is 1.63. The van der Waals surface area contributed by atoms with Gasteiger partial charge in [0.15, 0.2) is 5.78 Å². The summed E-state index contributed by atoms with van der Waals surface area (Å²) < 4.78 is 5.33. The van der Waals surface area contributed by atoms with Crippen molar-refractivity contribution in [1.82, 2.24) is 0 Å². The summed E-state index contributed by atoms with van der Waals surface area (Å²) in [5.74, 6) is -2.22. The standard InChI is InChI=1S/C29H46O9/c1-15(30)38-25(2,3)10-9-22(33)28(6,36)21-8-12-29(37)17-13-19(31)18-14-20(32)23(34)24(35)27(18,5)16(17)7-11-26(21,29)4/h13,16,18,20-24,32-37H,7-12,14H2,1-6H3/t16-,18-,20+,21-,22+,23+,24+,26+,27+,28+,29+/m0/s1. The molecule has 4 rings (SSSR count). The number of hydrogen-bond donors (Lipinski definition) is 6. The van der Waals surface area contributed by atoms with E-state index in [0.29, 0.717) is 31.3 Å². The molecule has 9 heteroatoms. The number of fused-ring (bicyclic) bond motifs is 5. The van der Waals surface area contributed by atoms with Crippen molar-refractivity contribution in [2.45, 2.75) is 128 Å². The van der Waals surface area contributed by atoms with Crippen LogP contribution in [0.3, 0.4) is 0 Å². The van der Waals surface area contributed by atoms with E-state index in [1.54, 1.807) is 27.7 Å². The molecule has 0 heterocycles. The van der Waals surface area contributed by atoms with Gasteiger partial charge in [-0.15, -0.1) is 0 Å². The summed E-state index contributed by atoms with van der Waals surface area (Å²) in [6.07, 6.45) is -1.26. The molecule has 0 amide bonds. The highest BCUT2D eigenvalue weighted by atomic mass is 16.6. The molecule has 3 fully saturated rings. The van der Waals surface area contributed by atoms with Crippen LogP contribution in [-0.4, -0.2) is 83.6 Å². The maximum absolute atomic E-state index is 13.3. The average Bonchev–Trinajstić information content (AvgIpc) is 3.09. The SMILES string of the molecule is CC(=O)OC(C)(C)CC[C@@H](O)[C@](C)(O)[C@H]1CC[C@@]2(O)C3=CC(=O)[C@@H]4C[C@@H](O)[C@@H](O)[C@@H](O)[C@]4(C)[C@H]3CC[C@]12C. The van der Waals surface area contributed by atoms with E-state index in [1.807, 2.05) is 6.92 Å². The quantitative estimate of drug-likeness (QED) is 0.274. The van der Waals surface area contributed by atoms with Crippen molar-refractivity contribution in [3.63, 3.8) is 0 Å². The molecule has 0 unspecified atom stereocenters. The number of ether oxygens (including phenoxy) is 1. The molecular formula is C29H46O9. The Labute approximate surface area is 224 Å². The van der Waals surface area contributed by atoms with Gasteiger partial charge in [-0.1, -0.05) is 13.8 Å². The third-order valence-electron chi connectivity index (χ3n) is 11.1. The lowest BCUT2D eigenvalue weighted by Gasteiger charge is -2.61. The molecule has 0 spiro atoms. The van der Waals surface area contributed by atoms with E-state index in [2.05, 4.69) is 0 Å². The molecule has 0 aromatic rings. The summed E-state index contributed by atoms with van der Waals surface area (Å²) >= 11 is 0. The van der Waals surface area contributed by atoms with E-state index in [4.69, 9.17) is 4.74 Å². The Morgan fingerprint density at radius 3 is 2.37 bits per heavy atom. The van der Waals surface area contributed by atoms with Crippen LogP contribution in [-0.2, 0) is 14.3 Å². The second-order valence-corrected chi connectivity index (χ2v) is 13.8. The number of carbonyl (C=O) groups is 2. The molecule has 0 bridgehead atoms. The molecule has 216 valence electrons. The highest BCUT2D eigenvalue weighted by Gasteiger charge is 2.70. The van der Waals surface area contributed by atoms with Gasteiger partial charge in [0.2, 0.25) is 0 Å². The lowest BCUT2D eigenvalue weighted by Crippen LogP contribution is -2.66. The maximum Gasteiger partial charge on any atom is 0.303 e. The minimum absolute atomic E-state index is 0.0523. The monoisotopic (exact) mass is 538 g/mol. The number of allylic oxidation sites excluding steroid dienone is 1. The molecule has 4 aliphatic rings. The van der Waals surface area contributed by atoms with Crippen molar-refractivity contribution in [1.29, 1.82) is 0 Å². The van der Waals surface area contributed by atoms with Gasteiger partial charge in [-0.2, -0.15) is 0 Å². The second-order valence-electron chi connectivity index (χ2n) is 13.8. The van der Waals surface area contributed by atoms with E-state index in [9.17, 15) is 40.2 Å². The smallest absolute Gasteiger partial charge is 0.303 e. The number of carbonyl (C=O) groups excluding carboxylic acids is 2. The van der Waals surface area contributed by atoms with E-state index in [1.165, 1.54) is 13.0 Å². The third-order valence-corrected chi connectivity index (χ3v) is 11.1. The number of hydrogen-bond acceptors (Lipinski definition) is 9. The second kappa shape index (κ2) is 9.35. The van der Waals surface area contributed by atoms with Gasteiger partial charge in [-0.25, -0.2) is 0 Å². The molecule has 0 aliphatic heterocycles. The molecule has 38 heavy (non-hydrogen) atoms. The van der Waals surface area contributed by atoms with Gasteiger partial charge < -0.3 is 35.4 Å². The van der Waals surface area contributed by atoms with Crippen LogP contribution in [0.5, 0.6) is 0 Å². The van der Waals surface area contributed by atoms with Gasteiger partial charge in [0.1, 0.15) is 11.7 Å². The minimum Gasteiger partial charge on any atom is -0.460 e. The van der Waals surface area contributed by atoms with Crippen LogP contribution in [0.15, 0.2) is 11.6 Å². The zero-order valence-corrected chi connectivity index (χ0v) is 23.5. The summed E-state index contributed by atoms with van der Waals surface area (Å²) in [5, 5.41) is 67.1. The van der Waals surface area contributed by atoms with Gasteiger partial charge >= 0.3 is 5.97 Å². The first-order valence-corrected chi connectivity index (χ1v) is 14.0. The fraction of sp³-hybridized carbons (Fsp3) is 0.862. The van der Waals surface area contributed by atoms with Crippen molar-refractivity contribution in [3.8, 4) is 0 Å². The Hall–Kier alpha value is -1.36. The van der Waals surface area contributed by atoms with Crippen LogP contribution in [0.2, 0.25) is 0 Å². The molecule has 0 aromatic heterocycles. The predicted octanol–water partition coefficient (Wildman–Crippen LogP) is 1.40. The predicted molar refractivity (Wildman–Crippen MR) is 138 cm³/mol. The van der Waals surface area contributed by atoms with E-state index >= 15 is 0 Å². The fourth-order valence-electron chi connectivity index (χ4n) is 8.79. The average molecular weight is 539 g/mol. The van der Waals surface area contributed by atoms with Crippen molar-refractivity contribution in [2.75, 3.05) is 0 Å².